The van der Waals surface area contributed by atoms with Gasteiger partial charge in [0.2, 0.25) is 0 Å². The highest BCUT2D eigenvalue weighted by atomic mass is 15.3. The van der Waals surface area contributed by atoms with Crippen molar-refractivity contribution in [1.29, 1.82) is 0 Å². The van der Waals surface area contributed by atoms with Crippen LogP contribution in [0.1, 0.15) is 43.6 Å². The van der Waals surface area contributed by atoms with Crippen LogP contribution < -0.4 is 16.6 Å². The number of nitrogen functional groups attached to an aromatic ring is 1. The number of aryl methyl sites for hydroxylation is 1. The van der Waals surface area contributed by atoms with Gasteiger partial charge in [-0.2, -0.15) is 0 Å². The van der Waals surface area contributed by atoms with Crippen LogP contribution in [0, 0.1) is 0 Å². The summed E-state index contributed by atoms with van der Waals surface area (Å²) in [5.41, 5.74) is 5.22. The van der Waals surface area contributed by atoms with E-state index < -0.39 is 0 Å². The molecular weight excluding hydrogens is 262 g/mol. The SMILES string of the molecule is CCc1ccccc1CNc1cc(NN)nc(C(C)C)n1. The summed E-state index contributed by atoms with van der Waals surface area (Å²) < 4.78 is 0. The second-order valence-corrected chi connectivity index (χ2v) is 5.27. The fourth-order valence-corrected chi connectivity index (χ4v) is 2.15. The molecule has 1 aromatic carbocycles. The normalized spacial score (nSPS) is 10.7. The number of nitrogens with one attached hydrogen (secondary N) is 2. The highest BCUT2D eigenvalue weighted by molar-refractivity contribution is 5.47. The molecular formula is C16H23N5. The van der Waals surface area contributed by atoms with Crippen LogP contribution in [0.5, 0.6) is 0 Å². The first kappa shape index (κ1) is 15.3. The number of aromatic nitrogens is 2. The van der Waals surface area contributed by atoms with E-state index in [0.717, 1.165) is 24.6 Å². The number of hydrogen-bond donors (Lipinski definition) is 3. The minimum atomic E-state index is 0.252. The Morgan fingerprint density at radius 1 is 1.10 bits per heavy atom. The Kier molecular flexibility index (Phi) is 5.11. The molecule has 0 amide bonds. The third kappa shape index (κ3) is 3.92. The van der Waals surface area contributed by atoms with Gasteiger partial charge in [0.1, 0.15) is 17.5 Å². The van der Waals surface area contributed by atoms with Crippen LogP contribution in [0.2, 0.25) is 0 Å². The maximum Gasteiger partial charge on any atom is 0.145 e. The molecule has 0 aliphatic rings. The third-order valence-electron chi connectivity index (χ3n) is 3.37. The quantitative estimate of drug-likeness (QED) is 0.562. The smallest absolute Gasteiger partial charge is 0.145 e. The van der Waals surface area contributed by atoms with Gasteiger partial charge in [-0.1, -0.05) is 45.0 Å². The summed E-state index contributed by atoms with van der Waals surface area (Å²) in [5.74, 6) is 7.91. The van der Waals surface area contributed by atoms with Gasteiger partial charge in [-0.05, 0) is 17.5 Å². The molecule has 0 aliphatic heterocycles. The number of benzene rings is 1. The average Bonchev–Trinajstić information content (AvgIpc) is 2.52. The van der Waals surface area contributed by atoms with E-state index in [1.807, 2.05) is 6.07 Å². The molecule has 0 fully saturated rings. The molecule has 0 radical (unpaired) electrons. The second kappa shape index (κ2) is 7.04. The Hall–Kier alpha value is -2.14. The molecule has 21 heavy (non-hydrogen) atoms. The van der Waals surface area contributed by atoms with Gasteiger partial charge in [-0.15, -0.1) is 0 Å². The highest BCUT2D eigenvalue weighted by Crippen LogP contribution is 2.18. The van der Waals surface area contributed by atoms with Crippen molar-refractivity contribution in [3.8, 4) is 0 Å². The molecule has 0 aliphatic carbocycles. The first-order valence-corrected chi connectivity index (χ1v) is 7.30. The predicted molar refractivity (Wildman–Crippen MR) is 87.1 cm³/mol. The number of rotatable bonds is 6. The van der Waals surface area contributed by atoms with Crippen molar-refractivity contribution in [2.24, 2.45) is 5.84 Å². The van der Waals surface area contributed by atoms with Crippen molar-refractivity contribution in [2.45, 2.75) is 39.7 Å². The van der Waals surface area contributed by atoms with E-state index in [4.69, 9.17) is 5.84 Å². The van der Waals surface area contributed by atoms with Crippen LogP contribution >= 0.6 is 0 Å². The van der Waals surface area contributed by atoms with Crippen LogP contribution in [0.25, 0.3) is 0 Å². The van der Waals surface area contributed by atoms with Gasteiger partial charge in [-0.3, -0.25) is 0 Å². The molecule has 0 unspecified atom stereocenters. The van der Waals surface area contributed by atoms with Crippen LogP contribution in [-0.2, 0) is 13.0 Å². The summed E-state index contributed by atoms with van der Waals surface area (Å²) in [4.78, 5) is 8.89. The Labute approximate surface area is 126 Å². The van der Waals surface area contributed by atoms with Gasteiger partial charge in [0.15, 0.2) is 0 Å². The van der Waals surface area contributed by atoms with Gasteiger partial charge in [0.05, 0.1) is 0 Å². The molecule has 2 rings (SSSR count). The molecule has 4 N–H and O–H groups in total. The summed E-state index contributed by atoms with van der Waals surface area (Å²) in [7, 11) is 0. The minimum Gasteiger partial charge on any atom is -0.366 e. The van der Waals surface area contributed by atoms with E-state index in [-0.39, 0.29) is 5.92 Å². The molecule has 0 atom stereocenters. The molecule has 0 saturated carbocycles. The molecule has 0 saturated heterocycles. The Morgan fingerprint density at radius 3 is 2.38 bits per heavy atom. The predicted octanol–water partition coefficient (Wildman–Crippen LogP) is 3.06. The largest absolute Gasteiger partial charge is 0.366 e. The zero-order chi connectivity index (χ0) is 15.2. The Bertz CT molecular complexity index is 595. The Morgan fingerprint density at radius 2 is 1.76 bits per heavy atom. The lowest BCUT2D eigenvalue weighted by molar-refractivity contribution is 0.775. The number of hydrazine groups is 1. The summed E-state index contributed by atoms with van der Waals surface area (Å²) in [6.45, 7) is 7.02. The third-order valence-corrected chi connectivity index (χ3v) is 3.37. The van der Waals surface area contributed by atoms with Gasteiger partial charge in [0.25, 0.3) is 0 Å². The fraction of sp³-hybridized carbons (Fsp3) is 0.375. The number of hydrogen-bond acceptors (Lipinski definition) is 5. The van der Waals surface area contributed by atoms with Crippen molar-refractivity contribution in [2.75, 3.05) is 10.7 Å². The molecule has 0 bridgehead atoms. The number of nitrogens with zero attached hydrogens (tertiary/aromatic N) is 2. The average molecular weight is 285 g/mol. The maximum absolute atomic E-state index is 5.47. The van der Waals surface area contributed by atoms with Gasteiger partial charge >= 0.3 is 0 Å². The number of anilines is 2. The van der Waals surface area contributed by atoms with E-state index in [1.165, 1.54) is 11.1 Å². The van der Waals surface area contributed by atoms with Gasteiger partial charge in [0, 0.05) is 18.5 Å². The molecule has 2 aromatic rings. The standard InChI is InChI=1S/C16H23N5/c1-4-12-7-5-6-8-13(12)10-18-14-9-15(21-17)20-16(19-14)11(2)3/h5-9,11H,4,10,17H2,1-3H3,(H2,18,19,20,21). The molecule has 5 heteroatoms. The van der Waals surface area contributed by atoms with E-state index in [9.17, 15) is 0 Å². The lowest BCUT2D eigenvalue weighted by atomic mass is 10.1. The van der Waals surface area contributed by atoms with Crippen molar-refractivity contribution < 1.29 is 0 Å². The summed E-state index contributed by atoms with van der Waals surface area (Å²) in [6, 6.07) is 10.2. The zero-order valence-electron chi connectivity index (χ0n) is 12.9. The van der Waals surface area contributed by atoms with Crippen LogP contribution in [-0.4, -0.2) is 9.97 Å². The topological polar surface area (TPSA) is 75.9 Å². The van der Waals surface area contributed by atoms with Crippen molar-refractivity contribution >= 4 is 11.6 Å². The first-order valence-electron chi connectivity index (χ1n) is 7.30. The van der Waals surface area contributed by atoms with Crippen molar-refractivity contribution in [3.63, 3.8) is 0 Å². The minimum absolute atomic E-state index is 0.252. The highest BCUT2D eigenvalue weighted by Gasteiger charge is 2.08. The lowest BCUT2D eigenvalue weighted by Crippen LogP contribution is -2.13. The van der Waals surface area contributed by atoms with Gasteiger partial charge < -0.3 is 10.7 Å². The molecule has 0 spiro atoms. The Balaban J connectivity index is 2.17. The summed E-state index contributed by atoms with van der Waals surface area (Å²) >= 11 is 0. The second-order valence-electron chi connectivity index (χ2n) is 5.27. The van der Waals surface area contributed by atoms with E-state index in [2.05, 4.69) is 65.7 Å². The van der Waals surface area contributed by atoms with Crippen LogP contribution in [0.4, 0.5) is 11.6 Å². The van der Waals surface area contributed by atoms with Crippen LogP contribution in [0.3, 0.4) is 0 Å². The molecule has 5 nitrogen and oxygen atoms in total. The number of nitrogens with two attached hydrogens (primary N) is 1. The molecule has 1 aromatic heterocycles. The first-order chi connectivity index (χ1) is 10.1. The summed E-state index contributed by atoms with van der Waals surface area (Å²) in [6.07, 6.45) is 1.02. The van der Waals surface area contributed by atoms with E-state index in [0.29, 0.717) is 5.82 Å². The lowest BCUT2D eigenvalue weighted by Gasteiger charge is -2.13. The van der Waals surface area contributed by atoms with E-state index in [1.54, 1.807) is 0 Å². The molecule has 1 heterocycles. The fourth-order valence-electron chi connectivity index (χ4n) is 2.15. The van der Waals surface area contributed by atoms with Crippen molar-refractivity contribution in [1.82, 2.24) is 9.97 Å². The van der Waals surface area contributed by atoms with Crippen LogP contribution in [0.15, 0.2) is 30.3 Å². The van der Waals surface area contributed by atoms with Crippen molar-refractivity contribution in [3.05, 3.63) is 47.3 Å². The zero-order valence-corrected chi connectivity index (χ0v) is 12.9. The summed E-state index contributed by atoms with van der Waals surface area (Å²) in [5, 5.41) is 3.36. The maximum atomic E-state index is 5.47. The molecule has 112 valence electrons. The van der Waals surface area contributed by atoms with E-state index >= 15 is 0 Å². The monoisotopic (exact) mass is 285 g/mol. The van der Waals surface area contributed by atoms with Gasteiger partial charge in [-0.25, -0.2) is 15.8 Å².